The number of anilines is 1. The van der Waals surface area contributed by atoms with E-state index in [0.717, 1.165) is 16.9 Å². The van der Waals surface area contributed by atoms with E-state index >= 15 is 0 Å². The summed E-state index contributed by atoms with van der Waals surface area (Å²) < 4.78 is 0. The lowest BCUT2D eigenvalue weighted by Gasteiger charge is -2.09. The van der Waals surface area contributed by atoms with Crippen molar-refractivity contribution in [3.05, 3.63) is 28.8 Å². The van der Waals surface area contributed by atoms with Gasteiger partial charge in [-0.15, -0.1) is 0 Å². The van der Waals surface area contributed by atoms with E-state index in [2.05, 4.69) is 0 Å². The van der Waals surface area contributed by atoms with Crippen LogP contribution in [-0.4, -0.2) is 17.3 Å². The van der Waals surface area contributed by atoms with Crippen molar-refractivity contribution in [2.45, 2.75) is 12.7 Å². The fourth-order valence-corrected chi connectivity index (χ4v) is 1.90. The smallest absolute Gasteiger partial charge is 0.337 e. The summed E-state index contributed by atoms with van der Waals surface area (Å²) in [7, 11) is 0. The molecule has 1 aromatic carbocycles. The van der Waals surface area contributed by atoms with Gasteiger partial charge in [0.25, 0.3) is 0 Å². The zero-order valence-electron chi connectivity index (χ0n) is 8.20. The number of benzene rings is 1. The fourth-order valence-electron chi connectivity index (χ4n) is 1.27. The third-order valence-corrected chi connectivity index (χ3v) is 2.76. The molecular formula is C10H13NO2S. The highest BCUT2D eigenvalue weighted by Crippen LogP contribution is 2.23. The van der Waals surface area contributed by atoms with Crippen LogP contribution >= 0.6 is 11.8 Å². The maximum absolute atomic E-state index is 10.8. The molecule has 0 radical (unpaired) electrons. The first-order chi connectivity index (χ1) is 6.57. The molecule has 0 aliphatic rings. The van der Waals surface area contributed by atoms with Gasteiger partial charge >= 0.3 is 5.97 Å². The van der Waals surface area contributed by atoms with Crippen LogP contribution in [-0.2, 0) is 5.75 Å². The number of carbonyl (C=O) groups is 1. The molecule has 0 heterocycles. The normalized spacial score (nSPS) is 10.1. The second-order valence-corrected chi connectivity index (χ2v) is 3.92. The quantitative estimate of drug-likeness (QED) is 0.752. The zero-order chi connectivity index (χ0) is 10.7. The molecule has 76 valence electrons. The number of carboxylic acids is 1. The molecule has 0 fully saturated rings. The van der Waals surface area contributed by atoms with Crippen LogP contribution in [0.4, 0.5) is 5.69 Å². The van der Waals surface area contributed by atoms with Gasteiger partial charge in [-0.05, 0) is 30.4 Å². The molecular weight excluding hydrogens is 198 g/mol. The Kier molecular flexibility index (Phi) is 3.41. The van der Waals surface area contributed by atoms with Gasteiger partial charge < -0.3 is 10.8 Å². The Hall–Kier alpha value is -1.16. The van der Waals surface area contributed by atoms with Gasteiger partial charge in [0.1, 0.15) is 0 Å². The minimum Gasteiger partial charge on any atom is -0.478 e. The van der Waals surface area contributed by atoms with Crippen molar-refractivity contribution in [3.63, 3.8) is 0 Å². The van der Waals surface area contributed by atoms with E-state index in [1.54, 1.807) is 17.8 Å². The Morgan fingerprint density at radius 1 is 1.57 bits per heavy atom. The Labute approximate surface area is 87.3 Å². The van der Waals surface area contributed by atoms with Gasteiger partial charge in [0.05, 0.1) is 5.56 Å². The lowest BCUT2D eigenvalue weighted by atomic mass is 10.0. The molecule has 3 nitrogen and oxygen atoms in total. The van der Waals surface area contributed by atoms with E-state index in [-0.39, 0.29) is 5.56 Å². The van der Waals surface area contributed by atoms with E-state index in [9.17, 15) is 4.79 Å². The lowest BCUT2D eigenvalue weighted by molar-refractivity contribution is 0.0698. The van der Waals surface area contributed by atoms with Gasteiger partial charge in [-0.25, -0.2) is 4.79 Å². The predicted molar refractivity (Wildman–Crippen MR) is 59.8 cm³/mol. The molecule has 0 spiro atoms. The van der Waals surface area contributed by atoms with E-state index in [1.807, 2.05) is 19.2 Å². The van der Waals surface area contributed by atoms with Gasteiger partial charge in [-0.3, -0.25) is 0 Å². The standard InChI is InChI=1S/C10H13NO2S/c1-6-7(5-14-2)3-4-8(9(6)11)10(12)13/h3-4H,5,11H2,1-2H3,(H,12,13). The van der Waals surface area contributed by atoms with Crippen molar-refractivity contribution in [2.24, 2.45) is 0 Å². The number of hydrogen-bond donors (Lipinski definition) is 2. The van der Waals surface area contributed by atoms with Gasteiger partial charge in [-0.2, -0.15) is 11.8 Å². The molecule has 1 rings (SSSR count). The molecule has 0 bridgehead atoms. The highest BCUT2D eigenvalue weighted by Gasteiger charge is 2.11. The number of nitrogens with two attached hydrogens (primary N) is 1. The summed E-state index contributed by atoms with van der Waals surface area (Å²) in [6.07, 6.45) is 2.00. The molecule has 0 saturated carbocycles. The Bertz CT molecular complexity index is 363. The fraction of sp³-hybridized carbons (Fsp3) is 0.300. The van der Waals surface area contributed by atoms with Crippen LogP contribution in [0.2, 0.25) is 0 Å². The number of hydrogen-bond acceptors (Lipinski definition) is 3. The van der Waals surface area contributed by atoms with Crippen molar-refractivity contribution in [2.75, 3.05) is 12.0 Å². The van der Waals surface area contributed by atoms with Gasteiger partial charge in [-0.1, -0.05) is 6.07 Å². The molecule has 0 aliphatic heterocycles. The molecule has 0 saturated heterocycles. The highest BCUT2D eigenvalue weighted by molar-refractivity contribution is 7.97. The topological polar surface area (TPSA) is 63.3 Å². The molecule has 0 aromatic heterocycles. The van der Waals surface area contributed by atoms with E-state index in [0.29, 0.717) is 5.69 Å². The molecule has 1 aromatic rings. The first-order valence-electron chi connectivity index (χ1n) is 4.18. The molecule has 0 amide bonds. The van der Waals surface area contributed by atoms with Crippen LogP contribution in [0.3, 0.4) is 0 Å². The van der Waals surface area contributed by atoms with Crippen molar-refractivity contribution in [1.82, 2.24) is 0 Å². The Morgan fingerprint density at radius 3 is 2.71 bits per heavy atom. The first kappa shape index (κ1) is 10.9. The SMILES string of the molecule is CSCc1ccc(C(=O)O)c(N)c1C. The Balaban J connectivity index is 3.19. The van der Waals surface area contributed by atoms with Crippen molar-refractivity contribution >= 4 is 23.4 Å². The molecule has 4 heteroatoms. The van der Waals surface area contributed by atoms with Crippen LogP contribution in [0.25, 0.3) is 0 Å². The van der Waals surface area contributed by atoms with Gasteiger partial charge in [0.2, 0.25) is 0 Å². The number of thioether (sulfide) groups is 1. The molecule has 0 atom stereocenters. The van der Waals surface area contributed by atoms with Crippen LogP contribution in [0.15, 0.2) is 12.1 Å². The zero-order valence-corrected chi connectivity index (χ0v) is 9.02. The van der Waals surface area contributed by atoms with E-state index < -0.39 is 5.97 Å². The number of rotatable bonds is 3. The monoisotopic (exact) mass is 211 g/mol. The number of nitrogen functional groups attached to an aromatic ring is 1. The Morgan fingerprint density at radius 2 is 2.21 bits per heavy atom. The van der Waals surface area contributed by atoms with E-state index in [4.69, 9.17) is 10.8 Å². The summed E-state index contributed by atoms with van der Waals surface area (Å²) in [5, 5.41) is 8.83. The first-order valence-corrected chi connectivity index (χ1v) is 5.57. The summed E-state index contributed by atoms with van der Waals surface area (Å²) in [6.45, 7) is 1.85. The average Bonchev–Trinajstić information content (AvgIpc) is 2.13. The molecule has 0 unspecified atom stereocenters. The van der Waals surface area contributed by atoms with Crippen LogP contribution in [0.1, 0.15) is 21.5 Å². The summed E-state index contributed by atoms with van der Waals surface area (Å²) in [4.78, 5) is 10.8. The second kappa shape index (κ2) is 4.37. The number of aromatic carboxylic acids is 1. The molecule has 0 aliphatic carbocycles. The van der Waals surface area contributed by atoms with Crippen molar-refractivity contribution in [3.8, 4) is 0 Å². The summed E-state index contributed by atoms with van der Waals surface area (Å²) in [5.41, 5.74) is 8.26. The van der Waals surface area contributed by atoms with Gasteiger partial charge in [0, 0.05) is 11.4 Å². The minimum absolute atomic E-state index is 0.187. The number of carboxylic acid groups (broad SMARTS) is 1. The van der Waals surface area contributed by atoms with Crippen LogP contribution in [0, 0.1) is 6.92 Å². The van der Waals surface area contributed by atoms with Gasteiger partial charge in [0.15, 0.2) is 0 Å². The molecule has 3 N–H and O–H groups in total. The van der Waals surface area contributed by atoms with Crippen LogP contribution in [0.5, 0.6) is 0 Å². The third-order valence-electron chi connectivity index (χ3n) is 2.16. The maximum Gasteiger partial charge on any atom is 0.337 e. The third kappa shape index (κ3) is 2.01. The summed E-state index contributed by atoms with van der Waals surface area (Å²) in [6, 6.07) is 3.39. The second-order valence-electron chi connectivity index (χ2n) is 3.05. The highest BCUT2D eigenvalue weighted by atomic mass is 32.2. The lowest BCUT2D eigenvalue weighted by Crippen LogP contribution is -2.05. The summed E-state index contributed by atoms with van der Waals surface area (Å²) in [5.74, 6) is -0.114. The van der Waals surface area contributed by atoms with E-state index in [1.165, 1.54) is 0 Å². The largest absolute Gasteiger partial charge is 0.478 e. The maximum atomic E-state index is 10.8. The van der Waals surface area contributed by atoms with Crippen molar-refractivity contribution < 1.29 is 9.90 Å². The molecule has 14 heavy (non-hydrogen) atoms. The minimum atomic E-state index is -0.971. The summed E-state index contributed by atoms with van der Waals surface area (Å²) >= 11 is 1.69. The van der Waals surface area contributed by atoms with Crippen molar-refractivity contribution in [1.29, 1.82) is 0 Å². The predicted octanol–water partition coefficient (Wildman–Crippen LogP) is 2.14. The average molecular weight is 211 g/mol. The van der Waals surface area contributed by atoms with Crippen LogP contribution < -0.4 is 5.73 Å².